The first-order chi connectivity index (χ1) is 16.0. The molecule has 0 aliphatic carbocycles. The molecule has 1 aromatic heterocycles. The van der Waals surface area contributed by atoms with E-state index >= 15 is 0 Å². The van der Waals surface area contributed by atoms with Crippen LogP contribution in [0.4, 0.5) is 17.2 Å². The second-order valence-electron chi connectivity index (χ2n) is 8.64. The number of pyridine rings is 1. The predicted molar refractivity (Wildman–Crippen MR) is 129 cm³/mol. The Morgan fingerprint density at radius 2 is 1.73 bits per heavy atom. The molecule has 2 N–H and O–H groups in total. The number of anilines is 3. The van der Waals surface area contributed by atoms with Gasteiger partial charge in [-0.05, 0) is 42.8 Å². The lowest BCUT2D eigenvalue weighted by atomic mass is 10.0. The molecule has 7 nitrogen and oxygen atoms in total. The molecule has 0 unspecified atom stereocenters. The van der Waals surface area contributed by atoms with Gasteiger partial charge in [-0.3, -0.25) is 14.5 Å². The van der Waals surface area contributed by atoms with Crippen molar-refractivity contribution in [2.75, 3.05) is 41.7 Å². The molecule has 1 atom stereocenters. The minimum atomic E-state index is -0.382. The number of aryl methyl sites for hydroxylation is 1. The Kier molecular flexibility index (Phi) is 5.46. The monoisotopic (exact) mass is 441 g/mol. The first-order valence-corrected chi connectivity index (χ1v) is 11.2. The Morgan fingerprint density at radius 1 is 1.00 bits per heavy atom. The van der Waals surface area contributed by atoms with E-state index in [-0.39, 0.29) is 24.3 Å². The van der Waals surface area contributed by atoms with E-state index in [1.54, 1.807) is 17.0 Å². The van der Waals surface area contributed by atoms with Crippen LogP contribution in [-0.2, 0) is 4.79 Å². The van der Waals surface area contributed by atoms with Crippen LogP contribution < -0.4 is 15.5 Å². The van der Waals surface area contributed by atoms with E-state index in [1.165, 1.54) is 17.4 Å². The van der Waals surface area contributed by atoms with E-state index < -0.39 is 0 Å². The van der Waals surface area contributed by atoms with Crippen molar-refractivity contribution < 1.29 is 9.59 Å². The maximum atomic E-state index is 13.3. The molecule has 3 heterocycles. The lowest BCUT2D eigenvalue weighted by molar-refractivity contribution is -0.131. The summed E-state index contributed by atoms with van der Waals surface area (Å²) in [6.07, 6.45) is 1.76. The molecule has 2 amide bonds. The number of amides is 2. The van der Waals surface area contributed by atoms with Gasteiger partial charge in [-0.2, -0.15) is 0 Å². The highest BCUT2D eigenvalue weighted by atomic mass is 16.2. The van der Waals surface area contributed by atoms with Crippen molar-refractivity contribution in [2.45, 2.75) is 19.4 Å². The van der Waals surface area contributed by atoms with Gasteiger partial charge in [0.05, 0.1) is 24.3 Å². The van der Waals surface area contributed by atoms with Gasteiger partial charge in [-0.1, -0.05) is 35.9 Å². The zero-order valence-electron chi connectivity index (χ0n) is 18.6. The summed E-state index contributed by atoms with van der Waals surface area (Å²) in [5.41, 5.74) is 10.2. The largest absolute Gasteiger partial charge is 0.397 e. The number of rotatable bonds is 4. The lowest BCUT2D eigenvalue weighted by Crippen LogP contribution is -2.49. The number of hydrogen-bond donors (Lipinski definition) is 1. The molecule has 1 fully saturated rings. The van der Waals surface area contributed by atoms with Crippen molar-refractivity contribution in [2.24, 2.45) is 0 Å². The molecule has 0 radical (unpaired) electrons. The van der Waals surface area contributed by atoms with Crippen molar-refractivity contribution in [1.82, 2.24) is 9.88 Å². The zero-order chi connectivity index (χ0) is 22.9. The van der Waals surface area contributed by atoms with Gasteiger partial charge in [0.15, 0.2) is 0 Å². The number of aromatic nitrogens is 1. The Bertz CT molecular complexity index is 1170. The Morgan fingerprint density at radius 3 is 2.42 bits per heavy atom. The SMILES string of the molecule is Cc1ccc(N2CCN(C(=O)C[C@H]3c4ccccc4C(=O)N3c3ccc(N)cn3)CC2)cc1. The molecule has 2 aliphatic rings. The van der Waals surface area contributed by atoms with Crippen molar-refractivity contribution in [3.8, 4) is 0 Å². The zero-order valence-corrected chi connectivity index (χ0v) is 18.6. The third kappa shape index (κ3) is 4.02. The topological polar surface area (TPSA) is 82.8 Å². The number of piperazine rings is 1. The van der Waals surface area contributed by atoms with E-state index in [4.69, 9.17) is 5.73 Å². The summed E-state index contributed by atoms with van der Waals surface area (Å²) >= 11 is 0. The smallest absolute Gasteiger partial charge is 0.260 e. The molecular weight excluding hydrogens is 414 g/mol. The average Bonchev–Trinajstić information content (AvgIpc) is 3.12. The average molecular weight is 442 g/mol. The van der Waals surface area contributed by atoms with Crippen LogP contribution >= 0.6 is 0 Å². The fraction of sp³-hybridized carbons (Fsp3) is 0.269. The predicted octanol–water partition coefficient (Wildman–Crippen LogP) is 3.41. The minimum absolute atomic E-state index is 0.0495. The molecule has 5 rings (SSSR count). The van der Waals surface area contributed by atoms with Crippen molar-refractivity contribution in [3.05, 3.63) is 83.6 Å². The molecule has 2 aromatic carbocycles. The van der Waals surface area contributed by atoms with Crippen LogP contribution in [0.15, 0.2) is 66.9 Å². The maximum Gasteiger partial charge on any atom is 0.260 e. The van der Waals surface area contributed by atoms with Crippen molar-refractivity contribution in [1.29, 1.82) is 0 Å². The summed E-state index contributed by atoms with van der Waals surface area (Å²) in [5.74, 6) is 0.422. The van der Waals surface area contributed by atoms with Crippen LogP contribution in [0.25, 0.3) is 0 Å². The second kappa shape index (κ2) is 8.58. The highest BCUT2D eigenvalue weighted by Gasteiger charge is 2.40. The number of nitrogen functional groups attached to an aromatic ring is 1. The number of fused-ring (bicyclic) bond motifs is 1. The van der Waals surface area contributed by atoms with Crippen LogP contribution in [0.3, 0.4) is 0 Å². The molecule has 0 saturated carbocycles. The highest BCUT2D eigenvalue weighted by molar-refractivity contribution is 6.11. The number of hydrogen-bond acceptors (Lipinski definition) is 5. The molecule has 2 aliphatic heterocycles. The van der Waals surface area contributed by atoms with Gasteiger partial charge in [0, 0.05) is 37.4 Å². The van der Waals surface area contributed by atoms with Gasteiger partial charge in [0.1, 0.15) is 5.82 Å². The second-order valence-corrected chi connectivity index (χ2v) is 8.64. The number of benzene rings is 2. The van der Waals surface area contributed by atoms with Crippen LogP contribution in [0.5, 0.6) is 0 Å². The van der Waals surface area contributed by atoms with Crippen LogP contribution in [0, 0.1) is 6.92 Å². The molecular formula is C26H27N5O2. The lowest BCUT2D eigenvalue weighted by Gasteiger charge is -2.37. The summed E-state index contributed by atoms with van der Waals surface area (Å²) in [7, 11) is 0. The molecule has 168 valence electrons. The first-order valence-electron chi connectivity index (χ1n) is 11.2. The van der Waals surface area contributed by atoms with Gasteiger partial charge < -0.3 is 15.5 Å². The fourth-order valence-corrected chi connectivity index (χ4v) is 4.66. The van der Waals surface area contributed by atoms with Crippen LogP contribution in [0.2, 0.25) is 0 Å². The van der Waals surface area contributed by atoms with E-state index in [0.29, 0.717) is 30.2 Å². The number of carbonyl (C=O) groups is 2. The molecule has 7 heteroatoms. The van der Waals surface area contributed by atoms with Gasteiger partial charge in [0.25, 0.3) is 5.91 Å². The van der Waals surface area contributed by atoms with Crippen LogP contribution in [0.1, 0.15) is 33.9 Å². The number of nitrogens with zero attached hydrogens (tertiary/aromatic N) is 4. The molecule has 33 heavy (non-hydrogen) atoms. The summed E-state index contributed by atoms with van der Waals surface area (Å²) in [6.45, 7) is 4.98. The van der Waals surface area contributed by atoms with E-state index in [9.17, 15) is 9.59 Å². The quantitative estimate of drug-likeness (QED) is 0.671. The molecule has 3 aromatic rings. The van der Waals surface area contributed by atoms with Gasteiger partial charge in [-0.15, -0.1) is 0 Å². The summed E-state index contributed by atoms with van der Waals surface area (Å²) in [6, 6.07) is 19.1. The minimum Gasteiger partial charge on any atom is -0.397 e. The van der Waals surface area contributed by atoms with Gasteiger partial charge in [-0.25, -0.2) is 4.98 Å². The molecule has 1 saturated heterocycles. The third-order valence-electron chi connectivity index (χ3n) is 6.50. The van der Waals surface area contributed by atoms with Crippen LogP contribution in [-0.4, -0.2) is 47.9 Å². The van der Waals surface area contributed by atoms with E-state index in [1.807, 2.05) is 29.2 Å². The van der Waals surface area contributed by atoms with Gasteiger partial charge in [0.2, 0.25) is 5.91 Å². The fourth-order valence-electron chi connectivity index (χ4n) is 4.66. The summed E-state index contributed by atoms with van der Waals surface area (Å²) < 4.78 is 0. The molecule has 0 bridgehead atoms. The first kappa shape index (κ1) is 21.0. The molecule has 0 spiro atoms. The summed E-state index contributed by atoms with van der Waals surface area (Å²) in [5, 5.41) is 0. The maximum absolute atomic E-state index is 13.3. The van der Waals surface area contributed by atoms with Crippen molar-refractivity contribution >= 4 is 29.0 Å². The Hall–Kier alpha value is -3.87. The highest BCUT2D eigenvalue weighted by Crippen LogP contribution is 2.39. The van der Waals surface area contributed by atoms with Gasteiger partial charge >= 0.3 is 0 Å². The number of carbonyl (C=O) groups excluding carboxylic acids is 2. The van der Waals surface area contributed by atoms with E-state index in [2.05, 4.69) is 41.1 Å². The third-order valence-corrected chi connectivity index (χ3v) is 6.50. The normalized spacial score (nSPS) is 17.9. The number of nitrogens with two attached hydrogens (primary N) is 1. The van der Waals surface area contributed by atoms with E-state index in [0.717, 1.165) is 18.7 Å². The summed E-state index contributed by atoms with van der Waals surface area (Å²) in [4.78, 5) is 36.7. The Balaban J connectivity index is 1.32. The van der Waals surface area contributed by atoms with Crippen molar-refractivity contribution in [3.63, 3.8) is 0 Å². The standard InChI is InChI=1S/C26H27N5O2/c1-18-6-9-20(10-7-18)29-12-14-30(15-13-29)25(32)16-23-21-4-2-3-5-22(21)26(33)31(23)24-11-8-19(27)17-28-24/h2-11,17,23H,12-16,27H2,1H3/t23-/m0/s1. The Labute approximate surface area is 193 Å².